The molecule has 10 heteroatoms. The van der Waals surface area contributed by atoms with Crippen LogP contribution in [0.15, 0.2) is 35.4 Å². The van der Waals surface area contributed by atoms with Crippen molar-refractivity contribution in [3.63, 3.8) is 0 Å². The predicted octanol–water partition coefficient (Wildman–Crippen LogP) is 2.84. The molecular formula is C21H21ClF2N4O3. The molecule has 2 aromatic heterocycles. The number of rotatable bonds is 3. The molecule has 0 saturated carbocycles. The first-order chi connectivity index (χ1) is 14.3. The van der Waals surface area contributed by atoms with Gasteiger partial charge in [-0.3, -0.25) is 9.36 Å². The quantitative estimate of drug-likeness (QED) is 0.661. The highest BCUT2D eigenvalue weighted by Crippen LogP contribution is 2.30. The number of likely N-dealkylation sites (N-methyl/N-ethyl adjacent to an activating group) is 1. The highest BCUT2D eigenvalue weighted by Gasteiger charge is 2.24. The maximum absolute atomic E-state index is 15.3. The fraction of sp³-hybridized carbons (Fsp3) is 0.286. The molecule has 0 radical (unpaired) electrons. The van der Waals surface area contributed by atoms with Crippen molar-refractivity contribution in [3.05, 3.63) is 63.6 Å². The van der Waals surface area contributed by atoms with Crippen molar-refractivity contribution in [2.45, 2.75) is 6.92 Å². The van der Waals surface area contributed by atoms with Crippen LogP contribution in [0.5, 0.6) is 0 Å². The van der Waals surface area contributed by atoms with Crippen molar-refractivity contribution in [1.82, 2.24) is 14.5 Å². The van der Waals surface area contributed by atoms with Crippen molar-refractivity contribution in [1.29, 1.82) is 0 Å². The van der Waals surface area contributed by atoms with Crippen LogP contribution in [0.4, 0.5) is 14.5 Å². The molecule has 31 heavy (non-hydrogen) atoms. The lowest BCUT2D eigenvalue weighted by Crippen LogP contribution is -2.45. The molecule has 0 atom stereocenters. The minimum absolute atomic E-state index is 0. The number of aromatic carboxylic acids is 1. The van der Waals surface area contributed by atoms with Gasteiger partial charge in [-0.2, -0.15) is 0 Å². The van der Waals surface area contributed by atoms with E-state index in [0.717, 1.165) is 25.5 Å². The molecule has 1 aliphatic heterocycles. The van der Waals surface area contributed by atoms with E-state index in [2.05, 4.69) is 9.88 Å². The van der Waals surface area contributed by atoms with Crippen LogP contribution in [0.25, 0.3) is 16.7 Å². The molecule has 1 saturated heterocycles. The van der Waals surface area contributed by atoms with Gasteiger partial charge in [0.05, 0.1) is 22.8 Å². The molecule has 4 rings (SSSR count). The van der Waals surface area contributed by atoms with Crippen LogP contribution < -0.4 is 10.3 Å². The van der Waals surface area contributed by atoms with Gasteiger partial charge in [-0.1, -0.05) is 0 Å². The van der Waals surface area contributed by atoms with Crippen LogP contribution >= 0.6 is 12.4 Å². The van der Waals surface area contributed by atoms with Gasteiger partial charge in [0.25, 0.3) is 0 Å². The zero-order valence-corrected chi connectivity index (χ0v) is 17.7. The van der Waals surface area contributed by atoms with Crippen molar-refractivity contribution in [3.8, 4) is 5.82 Å². The number of carbonyl (C=O) groups is 1. The Morgan fingerprint density at radius 2 is 1.84 bits per heavy atom. The third-order valence-corrected chi connectivity index (χ3v) is 5.48. The summed E-state index contributed by atoms with van der Waals surface area (Å²) in [6, 6.07) is 4.10. The standard InChI is InChI=1S/C21H20F2N4O3.ClH/c1-12-18-15(9-16(19(12)23)26-7-5-25(2)6-8-26)27(11-14(20(18)28)21(29)30)17-4-3-13(22)10-24-17;/h3-4,9-11H,5-8H2,1-2H3,(H,29,30);1H. The Labute approximate surface area is 182 Å². The van der Waals surface area contributed by atoms with Gasteiger partial charge in [0.2, 0.25) is 5.43 Å². The number of carboxylic acid groups (broad SMARTS) is 1. The number of piperazine rings is 1. The van der Waals surface area contributed by atoms with E-state index in [4.69, 9.17) is 0 Å². The molecule has 1 fully saturated rings. The van der Waals surface area contributed by atoms with Gasteiger partial charge in [-0.05, 0) is 32.2 Å². The number of halogens is 3. The van der Waals surface area contributed by atoms with E-state index >= 15 is 4.39 Å². The van der Waals surface area contributed by atoms with Crippen molar-refractivity contribution in [2.24, 2.45) is 0 Å². The van der Waals surface area contributed by atoms with Crippen molar-refractivity contribution < 1.29 is 18.7 Å². The summed E-state index contributed by atoms with van der Waals surface area (Å²) in [6.45, 7) is 4.23. The van der Waals surface area contributed by atoms with Gasteiger partial charge in [-0.25, -0.2) is 18.6 Å². The van der Waals surface area contributed by atoms with Gasteiger partial charge in [0.1, 0.15) is 23.0 Å². The van der Waals surface area contributed by atoms with Crippen LogP contribution in [0.1, 0.15) is 15.9 Å². The number of anilines is 1. The summed E-state index contributed by atoms with van der Waals surface area (Å²) in [5.74, 6) is -2.31. The van der Waals surface area contributed by atoms with E-state index in [1.54, 1.807) is 6.07 Å². The summed E-state index contributed by atoms with van der Waals surface area (Å²) in [7, 11) is 1.99. The summed E-state index contributed by atoms with van der Waals surface area (Å²) in [5.41, 5.74) is -0.547. The molecular weight excluding hydrogens is 430 g/mol. The largest absolute Gasteiger partial charge is 0.477 e. The van der Waals surface area contributed by atoms with E-state index in [0.29, 0.717) is 24.3 Å². The SMILES string of the molecule is Cc1c(F)c(N2CCN(C)CC2)cc2c1c(=O)c(C(=O)O)cn2-c1ccc(F)cn1.Cl. The molecule has 164 valence electrons. The molecule has 7 nitrogen and oxygen atoms in total. The molecule has 0 aliphatic carbocycles. The lowest BCUT2D eigenvalue weighted by Gasteiger charge is -2.34. The first-order valence-corrected chi connectivity index (χ1v) is 9.45. The second-order valence-electron chi connectivity index (χ2n) is 7.40. The number of carboxylic acids is 1. The summed E-state index contributed by atoms with van der Waals surface area (Å²) in [6.07, 6.45) is 2.15. The summed E-state index contributed by atoms with van der Waals surface area (Å²) in [5, 5.41) is 9.45. The minimum atomic E-state index is -1.43. The van der Waals surface area contributed by atoms with E-state index in [1.165, 1.54) is 23.6 Å². The number of nitrogens with zero attached hydrogens (tertiary/aromatic N) is 4. The third kappa shape index (κ3) is 3.98. The second-order valence-corrected chi connectivity index (χ2v) is 7.40. The molecule has 3 heterocycles. The maximum Gasteiger partial charge on any atom is 0.341 e. The molecule has 0 unspecified atom stereocenters. The van der Waals surface area contributed by atoms with Crippen molar-refractivity contribution in [2.75, 3.05) is 38.1 Å². The first-order valence-electron chi connectivity index (χ1n) is 9.45. The average molecular weight is 451 g/mol. The number of benzene rings is 1. The summed E-state index contributed by atoms with van der Waals surface area (Å²) in [4.78, 5) is 32.5. The number of aryl methyl sites for hydroxylation is 1. The topological polar surface area (TPSA) is 78.7 Å². The predicted molar refractivity (Wildman–Crippen MR) is 116 cm³/mol. The summed E-state index contributed by atoms with van der Waals surface area (Å²) >= 11 is 0. The van der Waals surface area contributed by atoms with E-state index in [-0.39, 0.29) is 29.2 Å². The van der Waals surface area contributed by atoms with Gasteiger partial charge in [0, 0.05) is 37.9 Å². The Morgan fingerprint density at radius 1 is 1.16 bits per heavy atom. The van der Waals surface area contributed by atoms with Gasteiger partial charge < -0.3 is 14.9 Å². The third-order valence-electron chi connectivity index (χ3n) is 5.48. The van der Waals surface area contributed by atoms with Crippen LogP contribution in [-0.2, 0) is 0 Å². The lowest BCUT2D eigenvalue weighted by molar-refractivity contribution is 0.0695. The molecule has 0 amide bonds. The van der Waals surface area contributed by atoms with Crippen LogP contribution in [0.2, 0.25) is 0 Å². The molecule has 0 spiro atoms. The smallest absolute Gasteiger partial charge is 0.341 e. The van der Waals surface area contributed by atoms with Crippen LogP contribution in [0.3, 0.4) is 0 Å². The Morgan fingerprint density at radius 3 is 2.42 bits per heavy atom. The maximum atomic E-state index is 15.3. The van der Waals surface area contributed by atoms with Crippen LogP contribution in [0, 0.1) is 18.6 Å². The molecule has 3 aromatic rings. The Kier molecular flexibility index (Phi) is 6.28. The van der Waals surface area contributed by atoms with Crippen molar-refractivity contribution >= 4 is 35.0 Å². The summed E-state index contributed by atoms with van der Waals surface area (Å²) < 4.78 is 30.1. The van der Waals surface area contributed by atoms with E-state index < -0.39 is 28.6 Å². The normalized spacial score (nSPS) is 14.5. The number of aromatic nitrogens is 2. The first kappa shape index (κ1) is 22.6. The highest BCUT2D eigenvalue weighted by atomic mass is 35.5. The molecule has 0 bridgehead atoms. The second kappa shape index (κ2) is 8.60. The van der Waals surface area contributed by atoms with E-state index in [1.807, 2.05) is 11.9 Å². The van der Waals surface area contributed by atoms with E-state index in [9.17, 15) is 19.1 Å². The molecule has 1 aromatic carbocycles. The number of pyridine rings is 2. The Balaban J connectivity index is 0.00000272. The highest BCUT2D eigenvalue weighted by molar-refractivity contribution is 5.95. The fourth-order valence-electron chi connectivity index (χ4n) is 3.76. The Bertz CT molecular complexity index is 1210. The zero-order valence-electron chi connectivity index (χ0n) is 16.9. The monoisotopic (exact) mass is 450 g/mol. The molecule has 1 N–H and O–H groups in total. The van der Waals surface area contributed by atoms with Gasteiger partial charge in [-0.15, -0.1) is 12.4 Å². The fourth-order valence-corrected chi connectivity index (χ4v) is 3.76. The zero-order chi connectivity index (χ0) is 21.6. The number of hydrogen-bond acceptors (Lipinski definition) is 5. The van der Waals surface area contributed by atoms with Crippen LogP contribution in [-0.4, -0.2) is 58.8 Å². The van der Waals surface area contributed by atoms with Gasteiger partial charge >= 0.3 is 5.97 Å². The molecule has 1 aliphatic rings. The Hall–Kier alpha value is -3.04. The number of hydrogen-bond donors (Lipinski definition) is 1. The van der Waals surface area contributed by atoms with Gasteiger partial charge in [0.15, 0.2) is 0 Å². The lowest BCUT2D eigenvalue weighted by atomic mass is 10.0. The number of fused-ring (bicyclic) bond motifs is 1. The average Bonchev–Trinajstić information content (AvgIpc) is 2.72. The minimum Gasteiger partial charge on any atom is -0.477 e.